The molecule has 1 heterocycles. The number of carbonyl (C=O) groups is 1. The maximum atomic E-state index is 12.4. The summed E-state index contributed by atoms with van der Waals surface area (Å²) in [4.78, 5) is 12.4. The van der Waals surface area contributed by atoms with Crippen LogP contribution in [-0.2, 0) is 11.3 Å². The van der Waals surface area contributed by atoms with Crippen LogP contribution in [0, 0.1) is 18.3 Å². The molecule has 3 aromatic rings. The Balaban J connectivity index is 2.03. The molecule has 0 aliphatic heterocycles. The fourth-order valence-electron chi connectivity index (χ4n) is 2.97. The Kier molecular flexibility index (Phi) is 6.25. The number of hydrogen-bond donors (Lipinski definition) is 1. The summed E-state index contributed by atoms with van der Waals surface area (Å²) in [6.07, 6.45) is 3.49. The van der Waals surface area contributed by atoms with Crippen molar-refractivity contribution < 1.29 is 4.79 Å². The maximum absolute atomic E-state index is 12.4. The molecule has 3 rings (SSSR count). The lowest BCUT2D eigenvalue weighted by atomic mass is 10.0. The molecule has 146 valence electrons. The van der Waals surface area contributed by atoms with Gasteiger partial charge in [-0.3, -0.25) is 9.48 Å². The zero-order valence-electron chi connectivity index (χ0n) is 16.9. The summed E-state index contributed by atoms with van der Waals surface area (Å²) in [6.45, 7) is 6.36. The van der Waals surface area contributed by atoms with Crippen LogP contribution in [0.4, 0.5) is 0 Å². The lowest BCUT2D eigenvalue weighted by molar-refractivity contribution is -0.117. The molecule has 0 fully saturated rings. The smallest absolute Gasteiger partial charge is 0.262 e. The van der Waals surface area contributed by atoms with E-state index in [9.17, 15) is 10.1 Å². The highest BCUT2D eigenvalue weighted by Gasteiger charge is 2.15. The van der Waals surface area contributed by atoms with Crippen LogP contribution in [-0.4, -0.2) is 21.7 Å². The first-order valence-corrected chi connectivity index (χ1v) is 9.57. The summed E-state index contributed by atoms with van der Waals surface area (Å²) in [7, 11) is 0. The van der Waals surface area contributed by atoms with Crippen molar-refractivity contribution in [2.24, 2.45) is 0 Å². The van der Waals surface area contributed by atoms with Gasteiger partial charge in [-0.25, -0.2) is 0 Å². The lowest BCUT2D eigenvalue weighted by Gasteiger charge is -2.07. The highest BCUT2D eigenvalue weighted by Crippen LogP contribution is 2.25. The molecule has 0 atom stereocenters. The molecule has 1 amide bonds. The third-order valence-corrected chi connectivity index (χ3v) is 4.39. The largest absolute Gasteiger partial charge is 0.349 e. The number of benzene rings is 2. The van der Waals surface area contributed by atoms with Gasteiger partial charge in [-0.2, -0.15) is 10.4 Å². The molecule has 0 radical (unpaired) electrons. The van der Waals surface area contributed by atoms with E-state index in [1.54, 1.807) is 6.08 Å². The van der Waals surface area contributed by atoms with E-state index in [0.29, 0.717) is 6.54 Å². The van der Waals surface area contributed by atoms with Crippen LogP contribution in [0.3, 0.4) is 0 Å². The lowest BCUT2D eigenvalue weighted by Crippen LogP contribution is -2.30. The van der Waals surface area contributed by atoms with Gasteiger partial charge in [-0.1, -0.05) is 60.2 Å². The zero-order valence-corrected chi connectivity index (χ0v) is 16.9. The summed E-state index contributed by atoms with van der Waals surface area (Å²) in [5.41, 5.74) is 4.76. The third-order valence-electron chi connectivity index (χ3n) is 4.39. The van der Waals surface area contributed by atoms with Crippen LogP contribution in [0.25, 0.3) is 17.3 Å². The van der Waals surface area contributed by atoms with Crippen LogP contribution in [0.1, 0.15) is 30.5 Å². The molecule has 5 heteroatoms. The molecule has 0 saturated heterocycles. The zero-order chi connectivity index (χ0) is 20.8. The normalized spacial score (nSPS) is 11.3. The van der Waals surface area contributed by atoms with Crippen molar-refractivity contribution in [1.29, 1.82) is 5.26 Å². The minimum Gasteiger partial charge on any atom is -0.349 e. The Morgan fingerprint density at radius 3 is 2.48 bits per heavy atom. The van der Waals surface area contributed by atoms with E-state index >= 15 is 0 Å². The molecule has 5 nitrogen and oxygen atoms in total. The second kappa shape index (κ2) is 9.03. The van der Waals surface area contributed by atoms with Crippen molar-refractivity contribution in [2.75, 3.05) is 0 Å². The fourth-order valence-corrected chi connectivity index (χ4v) is 2.97. The van der Waals surface area contributed by atoms with E-state index in [1.165, 1.54) is 0 Å². The maximum Gasteiger partial charge on any atom is 0.262 e. The highest BCUT2D eigenvalue weighted by molar-refractivity contribution is 6.02. The van der Waals surface area contributed by atoms with Crippen molar-refractivity contribution in [1.82, 2.24) is 15.1 Å². The number of nitrogens with one attached hydrogen (secondary N) is 1. The van der Waals surface area contributed by atoms with Gasteiger partial charge in [0.2, 0.25) is 0 Å². The van der Waals surface area contributed by atoms with Gasteiger partial charge in [0.1, 0.15) is 11.6 Å². The first kappa shape index (κ1) is 20.1. The number of carbonyl (C=O) groups excluding carboxylic acids is 1. The van der Waals surface area contributed by atoms with Crippen LogP contribution >= 0.6 is 0 Å². The average molecular weight is 384 g/mol. The van der Waals surface area contributed by atoms with E-state index in [4.69, 9.17) is 5.10 Å². The Bertz CT molecular complexity index is 1050. The van der Waals surface area contributed by atoms with Crippen LogP contribution in [0.15, 0.2) is 66.4 Å². The Labute approximate surface area is 171 Å². The van der Waals surface area contributed by atoms with Gasteiger partial charge >= 0.3 is 0 Å². The quantitative estimate of drug-likeness (QED) is 0.508. The molecule has 2 aromatic carbocycles. The predicted octanol–water partition coefficient (Wildman–Crippen LogP) is 4.34. The molecule has 0 bridgehead atoms. The third kappa shape index (κ3) is 5.20. The summed E-state index contributed by atoms with van der Waals surface area (Å²) in [5, 5.41) is 17.0. The van der Waals surface area contributed by atoms with E-state index < -0.39 is 0 Å². The van der Waals surface area contributed by atoms with Crippen LogP contribution < -0.4 is 5.32 Å². The molecular formula is C24H24N4O. The highest BCUT2D eigenvalue weighted by atomic mass is 16.1. The summed E-state index contributed by atoms with van der Waals surface area (Å²) in [6, 6.07) is 20.1. The summed E-state index contributed by atoms with van der Waals surface area (Å²) in [5.74, 6) is -0.381. The first-order valence-electron chi connectivity index (χ1n) is 9.57. The summed E-state index contributed by atoms with van der Waals surface area (Å²) < 4.78 is 1.84. The van der Waals surface area contributed by atoms with Gasteiger partial charge in [0.15, 0.2) is 0 Å². The van der Waals surface area contributed by atoms with Crippen LogP contribution in [0.2, 0.25) is 0 Å². The van der Waals surface area contributed by atoms with Crippen molar-refractivity contribution >= 4 is 12.0 Å². The number of hydrogen-bond acceptors (Lipinski definition) is 3. The minimum atomic E-state index is -0.381. The predicted molar refractivity (Wildman–Crippen MR) is 115 cm³/mol. The molecule has 0 spiro atoms. The van der Waals surface area contributed by atoms with Gasteiger partial charge in [0.25, 0.3) is 5.91 Å². The van der Waals surface area contributed by atoms with Gasteiger partial charge in [-0.05, 0) is 32.4 Å². The number of nitriles is 1. The number of aromatic nitrogens is 2. The van der Waals surface area contributed by atoms with E-state index in [1.807, 2.05) is 92.3 Å². The first-order chi connectivity index (χ1) is 14.0. The van der Waals surface area contributed by atoms with Gasteiger partial charge in [0, 0.05) is 23.4 Å². The second-order valence-corrected chi connectivity index (χ2v) is 7.28. The van der Waals surface area contributed by atoms with Gasteiger partial charge in [0.05, 0.1) is 12.2 Å². The summed E-state index contributed by atoms with van der Waals surface area (Å²) >= 11 is 0. The molecule has 0 unspecified atom stereocenters. The van der Waals surface area contributed by atoms with Crippen molar-refractivity contribution in [3.8, 4) is 17.3 Å². The minimum absolute atomic E-state index is 0.0448. The topological polar surface area (TPSA) is 70.7 Å². The van der Waals surface area contributed by atoms with Gasteiger partial charge < -0.3 is 5.32 Å². The molecule has 0 saturated carbocycles. The number of rotatable bonds is 6. The molecule has 0 aliphatic carbocycles. The number of amides is 1. The SMILES string of the molecule is Cc1ccc(-c2nn(Cc3ccccc3)cc2/C=C(\C#N)C(=O)NC(C)C)cc1. The number of aryl methyl sites for hydroxylation is 1. The Morgan fingerprint density at radius 1 is 1.17 bits per heavy atom. The van der Waals surface area contributed by atoms with Crippen molar-refractivity contribution in [3.63, 3.8) is 0 Å². The van der Waals surface area contributed by atoms with Gasteiger partial charge in [-0.15, -0.1) is 0 Å². The van der Waals surface area contributed by atoms with E-state index in [2.05, 4.69) is 5.32 Å². The van der Waals surface area contributed by atoms with Crippen molar-refractivity contribution in [3.05, 3.63) is 83.1 Å². The molecular weight excluding hydrogens is 360 g/mol. The Morgan fingerprint density at radius 2 is 1.86 bits per heavy atom. The van der Waals surface area contributed by atoms with Crippen molar-refractivity contribution in [2.45, 2.75) is 33.4 Å². The Hall–Kier alpha value is -3.65. The molecule has 29 heavy (non-hydrogen) atoms. The van der Waals surface area contributed by atoms with E-state index in [0.717, 1.165) is 27.9 Å². The average Bonchev–Trinajstić information content (AvgIpc) is 3.09. The standard InChI is InChI=1S/C24H24N4O/c1-17(2)26-24(29)21(14-25)13-22-16-28(15-19-7-5-4-6-8-19)27-23(22)20-11-9-18(3)10-12-20/h4-13,16-17H,15H2,1-3H3,(H,26,29)/b21-13+. The monoisotopic (exact) mass is 384 g/mol. The second-order valence-electron chi connectivity index (χ2n) is 7.28. The van der Waals surface area contributed by atoms with E-state index in [-0.39, 0.29) is 17.5 Å². The van der Waals surface area contributed by atoms with Crippen LogP contribution in [0.5, 0.6) is 0 Å². The fraction of sp³-hybridized carbons (Fsp3) is 0.208. The molecule has 1 N–H and O–H groups in total. The molecule has 1 aromatic heterocycles. The molecule has 0 aliphatic rings. The number of nitrogens with zero attached hydrogens (tertiary/aromatic N) is 3.